The molecule has 0 aliphatic heterocycles. The fraction of sp³-hybridized carbons (Fsp3) is 0.833. The fourth-order valence-electron chi connectivity index (χ4n) is 5.22. The lowest BCUT2D eigenvalue weighted by molar-refractivity contribution is -0.189. The average Bonchev–Trinajstić information content (AvgIpc) is 2.75. The van der Waals surface area contributed by atoms with E-state index in [4.69, 9.17) is 28.4 Å². The van der Waals surface area contributed by atoms with Crippen LogP contribution < -0.4 is 0 Å². The Morgan fingerprint density at radius 2 is 1.53 bits per heavy atom. The highest BCUT2D eigenvalue weighted by Gasteiger charge is 2.44. The van der Waals surface area contributed by atoms with Gasteiger partial charge in [-0.05, 0) is 56.4 Å². The van der Waals surface area contributed by atoms with Gasteiger partial charge in [0, 0.05) is 20.1 Å². The molecule has 0 unspecified atom stereocenters. The van der Waals surface area contributed by atoms with E-state index in [1.807, 2.05) is 0 Å². The third-order valence-electron chi connectivity index (χ3n) is 6.84. The van der Waals surface area contributed by atoms with Crippen LogP contribution in [0, 0.1) is 17.8 Å². The Bertz CT molecular complexity index is 560. The van der Waals surface area contributed by atoms with Crippen molar-refractivity contribution in [1.29, 1.82) is 0 Å². The van der Waals surface area contributed by atoms with Crippen LogP contribution in [0.3, 0.4) is 0 Å². The lowest BCUT2D eigenvalue weighted by atomic mass is 9.65. The van der Waals surface area contributed by atoms with E-state index in [1.54, 1.807) is 14.2 Å². The van der Waals surface area contributed by atoms with E-state index in [0.29, 0.717) is 57.8 Å². The number of fused-ring (bicyclic) bond motifs is 3. The molecule has 1 fully saturated rings. The molecule has 0 aromatic carbocycles. The van der Waals surface area contributed by atoms with Gasteiger partial charge in [0.25, 0.3) is 0 Å². The molecular formula is C24H40O6. The molecule has 0 saturated heterocycles. The SMILES string of the molecule is COCCOCO[C@@H]1[C@H]2CC=C(C)/C(=C/C[C@@H]3CCC[C@@H](OCOCCOC)[C@H]31)C2. The highest BCUT2D eigenvalue weighted by atomic mass is 16.7. The average molecular weight is 425 g/mol. The number of ether oxygens (including phenoxy) is 6. The molecule has 6 heteroatoms. The second-order valence-electron chi connectivity index (χ2n) is 8.69. The summed E-state index contributed by atoms with van der Waals surface area (Å²) in [6, 6.07) is 0. The molecule has 0 aromatic rings. The predicted molar refractivity (Wildman–Crippen MR) is 115 cm³/mol. The Morgan fingerprint density at radius 1 is 0.833 bits per heavy atom. The minimum absolute atomic E-state index is 0.134. The number of hydrogen-bond donors (Lipinski definition) is 0. The molecule has 0 radical (unpaired) electrons. The molecule has 6 nitrogen and oxygen atoms in total. The zero-order chi connectivity index (χ0) is 21.2. The van der Waals surface area contributed by atoms with Crippen LogP contribution in [0.1, 0.15) is 45.4 Å². The topological polar surface area (TPSA) is 55.4 Å². The van der Waals surface area contributed by atoms with Gasteiger partial charge >= 0.3 is 0 Å². The summed E-state index contributed by atoms with van der Waals surface area (Å²) in [5.74, 6) is 1.41. The molecule has 0 N–H and O–H groups in total. The van der Waals surface area contributed by atoms with Crippen molar-refractivity contribution in [3.8, 4) is 0 Å². The van der Waals surface area contributed by atoms with Gasteiger partial charge in [0.2, 0.25) is 0 Å². The van der Waals surface area contributed by atoms with Crippen molar-refractivity contribution < 1.29 is 28.4 Å². The van der Waals surface area contributed by atoms with E-state index in [1.165, 1.54) is 24.0 Å². The summed E-state index contributed by atoms with van der Waals surface area (Å²) in [7, 11) is 3.37. The molecular weight excluding hydrogens is 384 g/mol. The Balaban J connectivity index is 1.70. The minimum Gasteiger partial charge on any atom is -0.382 e. The van der Waals surface area contributed by atoms with Crippen molar-refractivity contribution in [2.24, 2.45) is 17.8 Å². The second kappa shape index (κ2) is 12.9. The molecule has 0 spiro atoms. The van der Waals surface area contributed by atoms with Crippen molar-refractivity contribution in [3.05, 3.63) is 23.3 Å². The van der Waals surface area contributed by atoms with Crippen molar-refractivity contribution in [3.63, 3.8) is 0 Å². The van der Waals surface area contributed by atoms with Crippen LogP contribution in [0.4, 0.5) is 0 Å². The van der Waals surface area contributed by atoms with Crippen LogP contribution in [-0.4, -0.2) is 66.4 Å². The number of rotatable bonds is 12. The van der Waals surface area contributed by atoms with E-state index < -0.39 is 0 Å². The summed E-state index contributed by atoms with van der Waals surface area (Å²) in [5, 5.41) is 0. The summed E-state index contributed by atoms with van der Waals surface area (Å²) in [6.45, 7) is 5.16. The first kappa shape index (κ1) is 23.9. The van der Waals surface area contributed by atoms with Crippen LogP contribution in [0.2, 0.25) is 0 Å². The van der Waals surface area contributed by atoms with Crippen molar-refractivity contribution in [2.75, 3.05) is 54.2 Å². The van der Waals surface area contributed by atoms with Crippen molar-refractivity contribution >= 4 is 0 Å². The second-order valence-corrected chi connectivity index (χ2v) is 8.69. The summed E-state index contributed by atoms with van der Waals surface area (Å²) in [6.07, 6.45) is 11.9. The van der Waals surface area contributed by atoms with Gasteiger partial charge in [0.05, 0.1) is 38.6 Å². The van der Waals surface area contributed by atoms with Crippen LogP contribution >= 0.6 is 0 Å². The van der Waals surface area contributed by atoms with Gasteiger partial charge in [-0.25, -0.2) is 0 Å². The Hall–Kier alpha value is -0.760. The molecule has 5 atom stereocenters. The maximum atomic E-state index is 6.46. The number of hydrogen-bond acceptors (Lipinski definition) is 6. The molecule has 30 heavy (non-hydrogen) atoms. The molecule has 3 aliphatic carbocycles. The molecule has 0 amide bonds. The largest absolute Gasteiger partial charge is 0.382 e. The van der Waals surface area contributed by atoms with E-state index in [9.17, 15) is 0 Å². The van der Waals surface area contributed by atoms with E-state index in [0.717, 1.165) is 25.7 Å². The molecule has 0 heterocycles. The molecule has 3 rings (SSSR count). The van der Waals surface area contributed by atoms with Crippen molar-refractivity contribution in [1.82, 2.24) is 0 Å². The van der Waals surface area contributed by atoms with Gasteiger partial charge < -0.3 is 28.4 Å². The first-order chi connectivity index (χ1) is 14.7. The van der Waals surface area contributed by atoms with Crippen molar-refractivity contribution in [2.45, 2.75) is 57.7 Å². The van der Waals surface area contributed by atoms with E-state index in [2.05, 4.69) is 19.1 Å². The third kappa shape index (κ3) is 6.62. The zero-order valence-electron chi connectivity index (χ0n) is 19.0. The normalized spacial score (nSPS) is 33.1. The summed E-state index contributed by atoms with van der Waals surface area (Å²) < 4.78 is 34.2. The molecule has 0 aromatic heterocycles. The van der Waals surface area contributed by atoms with Crippen LogP contribution in [-0.2, 0) is 28.4 Å². The smallest absolute Gasteiger partial charge is 0.147 e. The zero-order valence-corrected chi connectivity index (χ0v) is 19.0. The molecule has 1 saturated carbocycles. The maximum absolute atomic E-state index is 6.46. The summed E-state index contributed by atoms with van der Waals surface area (Å²) in [4.78, 5) is 0. The van der Waals surface area contributed by atoms with Crippen LogP contribution in [0.5, 0.6) is 0 Å². The Morgan fingerprint density at radius 3 is 2.27 bits per heavy atom. The first-order valence-corrected chi connectivity index (χ1v) is 11.5. The van der Waals surface area contributed by atoms with Gasteiger partial charge in [-0.1, -0.05) is 24.1 Å². The number of methoxy groups -OCH3 is 2. The monoisotopic (exact) mass is 424 g/mol. The summed E-state index contributed by atoms with van der Waals surface area (Å²) in [5.41, 5.74) is 2.94. The molecule has 172 valence electrons. The van der Waals surface area contributed by atoms with Crippen LogP contribution in [0.15, 0.2) is 23.3 Å². The summed E-state index contributed by atoms with van der Waals surface area (Å²) >= 11 is 0. The quantitative estimate of drug-likeness (QED) is 0.347. The Kier molecular flexibility index (Phi) is 10.3. The fourth-order valence-corrected chi connectivity index (χ4v) is 5.22. The standard InChI is InChI=1S/C24H40O6/c1-18-7-8-21-15-20(18)10-9-19-5-4-6-22(29-16-27-13-11-25-2)23(19)24(21)30-17-28-14-12-26-3/h7,10,19,21-24H,4-6,8-9,11-17H2,1-3H3/b20-10+/t19-,21-,22+,23-,24+/m0/s1. The number of allylic oxidation sites excluding steroid dienone is 4. The van der Waals surface area contributed by atoms with Gasteiger partial charge in [-0.15, -0.1) is 0 Å². The predicted octanol–water partition coefficient (Wildman–Crippen LogP) is 4.10. The van der Waals surface area contributed by atoms with Gasteiger partial charge in [-0.2, -0.15) is 0 Å². The lowest BCUT2D eigenvalue weighted by Gasteiger charge is -2.46. The molecule has 2 bridgehead atoms. The van der Waals surface area contributed by atoms with Gasteiger partial charge in [0.1, 0.15) is 13.6 Å². The van der Waals surface area contributed by atoms with E-state index >= 15 is 0 Å². The first-order valence-electron chi connectivity index (χ1n) is 11.5. The van der Waals surface area contributed by atoms with Gasteiger partial charge in [0.15, 0.2) is 0 Å². The maximum Gasteiger partial charge on any atom is 0.147 e. The molecule has 3 aliphatic rings. The highest BCUT2D eigenvalue weighted by molar-refractivity contribution is 5.33. The van der Waals surface area contributed by atoms with Gasteiger partial charge in [-0.3, -0.25) is 0 Å². The minimum atomic E-state index is 0.134. The lowest BCUT2D eigenvalue weighted by Crippen LogP contribution is -2.48. The third-order valence-corrected chi connectivity index (χ3v) is 6.84. The van der Waals surface area contributed by atoms with E-state index in [-0.39, 0.29) is 12.2 Å². The highest BCUT2D eigenvalue weighted by Crippen LogP contribution is 2.46. The Labute approximate surface area is 181 Å². The van der Waals surface area contributed by atoms with Crippen LogP contribution in [0.25, 0.3) is 0 Å².